The number of nitrogens with zero attached hydrogens (tertiary/aromatic N) is 3. The van der Waals surface area contributed by atoms with Gasteiger partial charge in [-0.1, -0.05) is 36.2 Å². The molecule has 2 aliphatic rings. The van der Waals surface area contributed by atoms with Gasteiger partial charge < -0.3 is 9.42 Å². The van der Waals surface area contributed by atoms with E-state index in [1.165, 1.54) is 24.0 Å². The number of hydrogen-bond acceptors (Lipinski definition) is 4. The molecule has 25 heavy (non-hydrogen) atoms. The van der Waals surface area contributed by atoms with Crippen LogP contribution >= 0.6 is 0 Å². The zero-order chi connectivity index (χ0) is 17.2. The Morgan fingerprint density at radius 2 is 2.12 bits per heavy atom. The first-order valence-corrected chi connectivity index (χ1v) is 9.43. The van der Waals surface area contributed by atoms with Crippen molar-refractivity contribution in [1.29, 1.82) is 0 Å². The number of carbonyl (C=O) groups excluding carboxylic acids is 1. The van der Waals surface area contributed by atoms with Crippen molar-refractivity contribution in [2.75, 3.05) is 11.4 Å². The fourth-order valence-electron chi connectivity index (χ4n) is 4.16. The minimum atomic E-state index is 0.149. The number of rotatable bonds is 4. The van der Waals surface area contributed by atoms with Crippen molar-refractivity contribution < 1.29 is 9.32 Å². The zero-order valence-electron chi connectivity index (χ0n) is 14.8. The molecule has 1 saturated carbocycles. The van der Waals surface area contributed by atoms with Crippen LogP contribution in [0.3, 0.4) is 0 Å². The molecule has 5 nitrogen and oxygen atoms in total. The van der Waals surface area contributed by atoms with Gasteiger partial charge in [0.05, 0.1) is 0 Å². The van der Waals surface area contributed by atoms with Gasteiger partial charge in [0.25, 0.3) is 0 Å². The first-order valence-electron chi connectivity index (χ1n) is 9.43. The second kappa shape index (κ2) is 6.98. The molecule has 0 radical (unpaired) electrons. The molecule has 1 fully saturated rings. The van der Waals surface area contributed by atoms with Gasteiger partial charge in [0.1, 0.15) is 0 Å². The molecule has 2 heterocycles. The van der Waals surface area contributed by atoms with Crippen LogP contribution in [-0.4, -0.2) is 22.6 Å². The third kappa shape index (κ3) is 3.32. The Morgan fingerprint density at radius 3 is 2.96 bits per heavy atom. The zero-order valence-corrected chi connectivity index (χ0v) is 14.8. The molecule has 0 N–H and O–H groups in total. The molecule has 1 aliphatic heterocycles. The van der Waals surface area contributed by atoms with Crippen LogP contribution in [0, 0.1) is 6.92 Å². The standard InChI is InChI=1S/C20H25N3O2/c1-14-6-4-9-15-10-5-13-23(19(14)15)18(24)12-11-17-21-20(22-25-17)16-7-2-3-8-16/h4,6,9,16H,2-3,5,7-8,10-13H2,1H3. The maximum Gasteiger partial charge on any atom is 0.227 e. The number of aryl methyl sites for hydroxylation is 3. The summed E-state index contributed by atoms with van der Waals surface area (Å²) in [5.41, 5.74) is 3.56. The summed E-state index contributed by atoms with van der Waals surface area (Å²) in [7, 11) is 0. The average molecular weight is 339 g/mol. The highest BCUT2D eigenvalue weighted by atomic mass is 16.5. The highest BCUT2D eigenvalue weighted by Gasteiger charge is 2.25. The van der Waals surface area contributed by atoms with Crippen molar-refractivity contribution in [1.82, 2.24) is 10.1 Å². The normalized spacial score (nSPS) is 17.7. The Bertz CT molecular complexity index is 762. The maximum atomic E-state index is 12.8. The largest absolute Gasteiger partial charge is 0.339 e. The van der Waals surface area contributed by atoms with Gasteiger partial charge in [-0.3, -0.25) is 4.79 Å². The fraction of sp³-hybridized carbons (Fsp3) is 0.550. The van der Waals surface area contributed by atoms with E-state index < -0.39 is 0 Å². The molecular weight excluding hydrogens is 314 g/mol. The summed E-state index contributed by atoms with van der Waals surface area (Å²) < 4.78 is 5.38. The summed E-state index contributed by atoms with van der Waals surface area (Å²) in [5, 5.41) is 4.13. The Kier molecular flexibility index (Phi) is 4.55. The van der Waals surface area contributed by atoms with Gasteiger partial charge in [-0.15, -0.1) is 0 Å². The number of hydrogen-bond donors (Lipinski definition) is 0. The van der Waals surface area contributed by atoms with E-state index in [0.29, 0.717) is 24.7 Å². The molecule has 5 heteroatoms. The lowest BCUT2D eigenvalue weighted by molar-refractivity contribution is -0.118. The Morgan fingerprint density at radius 1 is 1.28 bits per heavy atom. The second-order valence-corrected chi connectivity index (χ2v) is 7.26. The average Bonchev–Trinajstić information content (AvgIpc) is 3.31. The SMILES string of the molecule is Cc1cccc2c1N(C(=O)CCc1nc(C3CCCC3)no1)CCC2. The number of carbonyl (C=O) groups is 1. The van der Waals surface area contributed by atoms with E-state index in [1.807, 2.05) is 4.90 Å². The van der Waals surface area contributed by atoms with Crippen molar-refractivity contribution in [2.45, 2.75) is 64.2 Å². The Balaban J connectivity index is 1.42. The van der Waals surface area contributed by atoms with E-state index in [4.69, 9.17) is 4.52 Å². The smallest absolute Gasteiger partial charge is 0.227 e. The summed E-state index contributed by atoms with van der Waals surface area (Å²) in [5.74, 6) is 2.03. The van der Waals surface area contributed by atoms with E-state index in [9.17, 15) is 4.79 Å². The lowest BCUT2D eigenvalue weighted by Gasteiger charge is -2.31. The first-order chi connectivity index (χ1) is 12.2. The van der Waals surface area contributed by atoms with Gasteiger partial charge in [0, 0.05) is 31.0 Å². The maximum absolute atomic E-state index is 12.8. The molecular formula is C20H25N3O2. The van der Waals surface area contributed by atoms with E-state index in [-0.39, 0.29) is 5.91 Å². The van der Waals surface area contributed by atoms with Gasteiger partial charge in [-0.05, 0) is 43.7 Å². The van der Waals surface area contributed by atoms with Gasteiger partial charge >= 0.3 is 0 Å². The monoisotopic (exact) mass is 339 g/mol. The lowest BCUT2D eigenvalue weighted by atomic mass is 9.98. The van der Waals surface area contributed by atoms with E-state index in [1.54, 1.807) is 0 Å². The highest BCUT2D eigenvalue weighted by molar-refractivity contribution is 5.95. The van der Waals surface area contributed by atoms with Crippen LogP contribution in [0.4, 0.5) is 5.69 Å². The summed E-state index contributed by atoms with van der Waals surface area (Å²) in [4.78, 5) is 19.3. The molecule has 4 rings (SSSR count). The first kappa shape index (κ1) is 16.3. The van der Waals surface area contributed by atoms with Crippen LogP contribution in [0.25, 0.3) is 0 Å². The predicted molar refractivity (Wildman–Crippen MR) is 95.7 cm³/mol. The van der Waals surface area contributed by atoms with Crippen LogP contribution in [0.2, 0.25) is 0 Å². The third-order valence-corrected chi connectivity index (χ3v) is 5.48. The van der Waals surface area contributed by atoms with E-state index in [2.05, 4.69) is 35.3 Å². The fourth-order valence-corrected chi connectivity index (χ4v) is 4.16. The summed E-state index contributed by atoms with van der Waals surface area (Å²) in [6.45, 7) is 2.88. The number of para-hydroxylation sites is 1. The van der Waals surface area contributed by atoms with Crippen molar-refractivity contribution in [2.24, 2.45) is 0 Å². The van der Waals surface area contributed by atoms with Crippen molar-refractivity contribution in [3.8, 4) is 0 Å². The van der Waals surface area contributed by atoms with Crippen LogP contribution in [0.15, 0.2) is 22.7 Å². The third-order valence-electron chi connectivity index (χ3n) is 5.48. The summed E-state index contributed by atoms with van der Waals surface area (Å²) in [6.07, 6.45) is 7.82. The van der Waals surface area contributed by atoms with Gasteiger partial charge in [-0.2, -0.15) is 4.98 Å². The molecule has 1 aromatic heterocycles. The van der Waals surface area contributed by atoms with Crippen molar-refractivity contribution in [3.05, 3.63) is 41.0 Å². The molecule has 0 spiro atoms. The number of amides is 1. The quantitative estimate of drug-likeness (QED) is 0.846. The molecule has 0 bridgehead atoms. The number of benzene rings is 1. The predicted octanol–water partition coefficient (Wildman–Crippen LogP) is 3.95. The minimum Gasteiger partial charge on any atom is -0.339 e. The topological polar surface area (TPSA) is 59.2 Å². The van der Waals surface area contributed by atoms with Crippen LogP contribution < -0.4 is 4.90 Å². The Hall–Kier alpha value is -2.17. The lowest BCUT2D eigenvalue weighted by Crippen LogP contribution is -2.36. The van der Waals surface area contributed by atoms with Gasteiger partial charge in [0.15, 0.2) is 5.82 Å². The number of anilines is 1. The van der Waals surface area contributed by atoms with E-state index in [0.717, 1.165) is 43.7 Å². The molecule has 1 aliphatic carbocycles. The second-order valence-electron chi connectivity index (χ2n) is 7.26. The summed E-state index contributed by atoms with van der Waals surface area (Å²) >= 11 is 0. The number of fused-ring (bicyclic) bond motifs is 1. The Labute approximate surface area is 148 Å². The van der Waals surface area contributed by atoms with Crippen LogP contribution in [-0.2, 0) is 17.6 Å². The number of aromatic nitrogens is 2. The highest BCUT2D eigenvalue weighted by Crippen LogP contribution is 2.33. The molecule has 132 valence electrons. The van der Waals surface area contributed by atoms with Crippen LogP contribution in [0.5, 0.6) is 0 Å². The van der Waals surface area contributed by atoms with Crippen LogP contribution in [0.1, 0.15) is 67.3 Å². The van der Waals surface area contributed by atoms with E-state index >= 15 is 0 Å². The molecule has 0 saturated heterocycles. The molecule has 0 unspecified atom stereocenters. The summed E-state index contributed by atoms with van der Waals surface area (Å²) in [6, 6.07) is 6.29. The molecule has 1 aromatic carbocycles. The molecule has 2 aromatic rings. The van der Waals surface area contributed by atoms with Crippen molar-refractivity contribution >= 4 is 11.6 Å². The van der Waals surface area contributed by atoms with Crippen molar-refractivity contribution in [3.63, 3.8) is 0 Å². The minimum absolute atomic E-state index is 0.149. The molecule has 0 atom stereocenters. The van der Waals surface area contributed by atoms with Gasteiger partial charge in [0.2, 0.25) is 11.8 Å². The van der Waals surface area contributed by atoms with Gasteiger partial charge in [-0.25, -0.2) is 0 Å². The molecule has 1 amide bonds.